The Kier molecular flexibility index (Phi) is 4.23. The molecule has 100 valence electrons. The molecule has 0 spiro atoms. The first-order valence-electron chi connectivity index (χ1n) is 6.93. The molecule has 1 heterocycles. The lowest BCUT2D eigenvalue weighted by Gasteiger charge is -2.28. The van der Waals surface area contributed by atoms with Crippen molar-refractivity contribution in [3.05, 3.63) is 29.6 Å². The molecule has 0 aromatic heterocycles. The van der Waals surface area contributed by atoms with Crippen LogP contribution in [-0.4, -0.2) is 18.6 Å². The van der Waals surface area contributed by atoms with Crippen LogP contribution in [0.15, 0.2) is 18.2 Å². The van der Waals surface area contributed by atoms with E-state index < -0.39 is 0 Å². The summed E-state index contributed by atoms with van der Waals surface area (Å²) in [7, 11) is 0. The summed E-state index contributed by atoms with van der Waals surface area (Å²) >= 11 is 0. The van der Waals surface area contributed by atoms with Crippen LogP contribution in [0.25, 0.3) is 0 Å². The van der Waals surface area contributed by atoms with Gasteiger partial charge in [0.15, 0.2) is 0 Å². The molecule has 2 nitrogen and oxygen atoms in total. The van der Waals surface area contributed by atoms with Crippen LogP contribution < -0.4 is 10.6 Å². The number of nitrogens with zero attached hydrogens (tertiary/aromatic N) is 1. The van der Waals surface area contributed by atoms with E-state index in [0.717, 1.165) is 24.2 Å². The van der Waals surface area contributed by atoms with Gasteiger partial charge in [0.1, 0.15) is 5.82 Å². The van der Waals surface area contributed by atoms with Gasteiger partial charge >= 0.3 is 0 Å². The molecule has 0 bridgehead atoms. The summed E-state index contributed by atoms with van der Waals surface area (Å²) in [6.07, 6.45) is 4.14. The van der Waals surface area contributed by atoms with Gasteiger partial charge in [-0.3, -0.25) is 0 Å². The average Bonchev–Trinajstić information content (AvgIpc) is 2.79. The fraction of sp³-hybridized carbons (Fsp3) is 0.600. The summed E-state index contributed by atoms with van der Waals surface area (Å²) in [5.41, 5.74) is 7.68. The van der Waals surface area contributed by atoms with Crippen LogP contribution in [0, 0.1) is 5.82 Å². The van der Waals surface area contributed by atoms with Crippen molar-refractivity contribution in [3.63, 3.8) is 0 Å². The normalized spacial score (nSPS) is 21.3. The minimum atomic E-state index is -0.119. The summed E-state index contributed by atoms with van der Waals surface area (Å²) in [6.45, 7) is 5.17. The Morgan fingerprint density at radius 1 is 1.50 bits per heavy atom. The number of benzene rings is 1. The van der Waals surface area contributed by atoms with Crippen LogP contribution in [0.2, 0.25) is 0 Å². The van der Waals surface area contributed by atoms with Gasteiger partial charge in [-0.05, 0) is 44.7 Å². The largest absolute Gasteiger partial charge is 0.368 e. The van der Waals surface area contributed by atoms with Gasteiger partial charge in [-0.15, -0.1) is 0 Å². The molecular weight excluding hydrogens is 227 g/mol. The molecule has 0 aliphatic carbocycles. The SMILES string of the molecule is CCC1CCCN1c1cccc(F)c1CC(C)N. The van der Waals surface area contributed by atoms with Gasteiger partial charge in [-0.2, -0.15) is 0 Å². The highest BCUT2D eigenvalue weighted by molar-refractivity contribution is 5.56. The Labute approximate surface area is 109 Å². The van der Waals surface area contributed by atoms with Crippen LogP contribution >= 0.6 is 0 Å². The number of rotatable bonds is 4. The minimum absolute atomic E-state index is 0.0108. The molecule has 1 aliphatic rings. The number of nitrogens with two attached hydrogens (primary N) is 1. The molecule has 1 aliphatic heterocycles. The molecule has 0 radical (unpaired) electrons. The van der Waals surface area contributed by atoms with E-state index in [1.807, 2.05) is 13.0 Å². The van der Waals surface area contributed by atoms with Gasteiger partial charge in [0, 0.05) is 29.9 Å². The second-order valence-corrected chi connectivity index (χ2v) is 5.32. The smallest absolute Gasteiger partial charge is 0.128 e. The first kappa shape index (κ1) is 13.3. The molecule has 0 saturated carbocycles. The van der Waals surface area contributed by atoms with Crippen LogP contribution in [0.1, 0.15) is 38.7 Å². The average molecular weight is 250 g/mol. The quantitative estimate of drug-likeness (QED) is 0.889. The van der Waals surface area contributed by atoms with Crippen molar-refractivity contribution in [2.75, 3.05) is 11.4 Å². The molecule has 2 N–H and O–H groups in total. The predicted molar refractivity (Wildman–Crippen MR) is 74.4 cm³/mol. The first-order valence-corrected chi connectivity index (χ1v) is 6.93. The van der Waals surface area contributed by atoms with Gasteiger partial charge < -0.3 is 10.6 Å². The molecule has 0 amide bonds. The first-order chi connectivity index (χ1) is 8.63. The van der Waals surface area contributed by atoms with Crippen LogP contribution in [0.4, 0.5) is 10.1 Å². The van der Waals surface area contributed by atoms with E-state index in [4.69, 9.17) is 5.73 Å². The zero-order valence-corrected chi connectivity index (χ0v) is 11.3. The molecule has 1 aromatic carbocycles. The van der Waals surface area contributed by atoms with Crippen LogP contribution in [0.5, 0.6) is 0 Å². The van der Waals surface area contributed by atoms with Crippen molar-refractivity contribution in [2.45, 2.75) is 51.6 Å². The second-order valence-electron chi connectivity index (χ2n) is 5.32. The third kappa shape index (κ3) is 2.66. The maximum atomic E-state index is 14.0. The van der Waals surface area contributed by atoms with Crippen LogP contribution in [-0.2, 0) is 6.42 Å². The number of halogens is 1. The van der Waals surface area contributed by atoms with E-state index in [1.54, 1.807) is 6.07 Å². The second kappa shape index (κ2) is 5.70. The topological polar surface area (TPSA) is 29.3 Å². The van der Waals surface area contributed by atoms with E-state index in [2.05, 4.69) is 11.8 Å². The highest BCUT2D eigenvalue weighted by Gasteiger charge is 2.25. The summed E-state index contributed by atoms with van der Waals surface area (Å²) in [6, 6.07) is 5.93. The molecule has 1 aromatic rings. The van der Waals surface area contributed by atoms with E-state index in [1.165, 1.54) is 18.9 Å². The molecule has 2 rings (SSSR count). The highest BCUT2D eigenvalue weighted by atomic mass is 19.1. The van der Waals surface area contributed by atoms with Crippen molar-refractivity contribution in [2.24, 2.45) is 5.73 Å². The third-order valence-electron chi connectivity index (χ3n) is 3.78. The zero-order valence-electron chi connectivity index (χ0n) is 11.3. The van der Waals surface area contributed by atoms with Crippen LogP contribution in [0.3, 0.4) is 0 Å². The highest BCUT2D eigenvalue weighted by Crippen LogP contribution is 2.31. The number of anilines is 1. The van der Waals surface area contributed by atoms with Gasteiger partial charge in [0.05, 0.1) is 0 Å². The standard InChI is InChI=1S/C15H23FN2/c1-3-12-6-5-9-18(12)15-8-4-7-14(16)13(15)10-11(2)17/h4,7-8,11-12H,3,5-6,9-10,17H2,1-2H3. The summed E-state index contributed by atoms with van der Waals surface area (Å²) < 4.78 is 14.0. The Morgan fingerprint density at radius 2 is 2.28 bits per heavy atom. The lowest BCUT2D eigenvalue weighted by molar-refractivity contribution is 0.588. The van der Waals surface area contributed by atoms with Crippen molar-refractivity contribution in [1.29, 1.82) is 0 Å². The van der Waals surface area contributed by atoms with Gasteiger partial charge in [-0.25, -0.2) is 4.39 Å². The number of hydrogen-bond donors (Lipinski definition) is 1. The molecular formula is C15H23FN2. The lowest BCUT2D eigenvalue weighted by Crippen LogP contribution is -2.30. The summed E-state index contributed by atoms with van der Waals surface area (Å²) in [5.74, 6) is -0.119. The summed E-state index contributed by atoms with van der Waals surface area (Å²) in [5, 5.41) is 0. The van der Waals surface area contributed by atoms with E-state index in [9.17, 15) is 4.39 Å². The van der Waals surface area contributed by atoms with Crippen molar-refractivity contribution in [1.82, 2.24) is 0 Å². The number of hydrogen-bond acceptors (Lipinski definition) is 2. The van der Waals surface area contributed by atoms with Crippen molar-refractivity contribution >= 4 is 5.69 Å². The lowest BCUT2D eigenvalue weighted by atomic mass is 10.0. The predicted octanol–water partition coefficient (Wildman–Crippen LogP) is 3.09. The maximum absolute atomic E-state index is 14.0. The maximum Gasteiger partial charge on any atom is 0.128 e. The van der Waals surface area contributed by atoms with Crippen molar-refractivity contribution < 1.29 is 4.39 Å². The molecule has 2 unspecified atom stereocenters. The monoisotopic (exact) mass is 250 g/mol. The Balaban J connectivity index is 2.34. The van der Waals surface area contributed by atoms with E-state index in [-0.39, 0.29) is 11.9 Å². The fourth-order valence-corrected chi connectivity index (χ4v) is 2.92. The third-order valence-corrected chi connectivity index (χ3v) is 3.78. The molecule has 1 fully saturated rings. The molecule has 1 saturated heterocycles. The Hall–Kier alpha value is -1.09. The van der Waals surface area contributed by atoms with E-state index in [0.29, 0.717) is 12.5 Å². The van der Waals surface area contributed by atoms with Gasteiger partial charge in [-0.1, -0.05) is 13.0 Å². The molecule has 3 heteroatoms. The van der Waals surface area contributed by atoms with E-state index >= 15 is 0 Å². The molecule has 18 heavy (non-hydrogen) atoms. The zero-order chi connectivity index (χ0) is 13.1. The minimum Gasteiger partial charge on any atom is -0.368 e. The van der Waals surface area contributed by atoms with Gasteiger partial charge in [0.2, 0.25) is 0 Å². The fourth-order valence-electron chi connectivity index (χ4n) is 2.92. The van der Waals surface area contributed by atoms with Gasteiger partial charge in [0.25, 0.3) is 0 Å². The summed E-state index contributed by atoms with van der Waals surface area (Å²) in [4.78, 5) is 2.36. The Bertz CT molecular complexity index is 403. The molecule has 2 atom stereocenters. The Morgan fingerprint density at radius 3 is 2.94 bits per heavy atom. The van der Waals surface area contributed by atoms with Crippen molar-refractivity contribution in [3.8, 4) is 0 Å².